The maximum atomic E-state index is 14.9. The minimum atomic E-state index is -5.36. The number of nitrogens with zero attached hydrogens (tertiary/aromatic N) is 5. The summed E-state index contributed by atoms with van der Waals surface area (Å²) in [6, 6.07) is 5.34. The number of likely N-dealkylation sites (N-methyl/N-ethyl adjacent to an activating group) is 2. The molecule has 2 aromatic carbocycles. The second kappa shape index (κ2) is 43.2. The number of nitrogens with one attached hydrogen (secondary N) is 6. The molecule has 0 aromatic heterocycles. The Balaban J connectivity index is 1.76. The Morgan fingerprint density at radius 1 is 0.788 bits per heavy atom. The fourth-order valence-corrected chi connectivity index (χ4v) is 12.7. The molecule has 0 saturated carbocycles. The molecular weight excluding hydrogens is 1310 g/mol. The molecule has 9 amide bonds. The van der Waals surface area contributed by atoms with Crippen molar-refractivity contribution < 1.29 is 89.6 Å². The molecule has 99 heavy (non-hydrogen) atoms. The van der Waals surface area contributed by atoms with Crippen molar-refractivity contribution in [3.63, 3.8) is 0 Å². The van der Waals surface area contributed by atoms with E-state index in [2.05, 4.69) is 36.6 Å². The molecule has 0 aliphatic carbocycles. The molecule has 1 aliphatic heterocycles. The number of hydrogen-bond acceptors (Lipinski definition) is 21. The Hall–Kier alpha value is -7.55. The van der Waals surface area contributed by atoms with E-state index >= 15 is 0 Å². The number of ketones is 1. The molecule has 1 saturated heterocycles. The molecule has 32 heteroatoms. The molecule has 1 aliphatic rings. The molecule has 0 bridgehead atoms. The van der Waals surface area contributed by atoms with E-state index in [1.165, 1.54) is 32.2 Å². The second-order valence-electron chi connectivity index (χ2n) is 26.0. The van der Waals surface area contributed by atoms with E-state index in [9.17, 15) is 61.2 Å². The van der Waals surface area contributed by atoms with Crippen LogP contribution in [0.4, 0.5) is 15.3 Å². The van der Waals surface area contributed by atoms with Gasteiger partial charge in [-0.2, -0.15) is 0 Å². The third-order valence-corrected chi connectivity index (χ3v) is 18.5. The number of likely N-dealkylation sites (tertiary alicyclic amines) is 1. The molecule has 5 unspecified atom stereocenters. The third kappa shape index (κ3) is 27.5. The highest BCUT2D eigenvalue weighted by atomic mass is 32.2. The SMILES string of the molecule is CCC(C)C(C(CC(=O)N1CCC[C@H]1[C@H](OC)[C@@H](C)C(=O)C[C@H](C)[C@@H](O)c1ccccc1)OC)N(C)C(=O)[C@@H](NC(=O)C(C(C)C)N(C)C(=O)OCc1ccc(NC(=O)[C@H](CCCNC(N)=O)NC(=O)C(NC(=O)COCCOCCOCCN=[N+]=N)C(C)C)cc1S(=O)(=O)[O-])C(C)C. The number of carbonyl (C=O) groups excluding carboxylic acids is 9. The maximum Gasteiger partial charge on any atom is 0.410 e. The Morgan fingerprint density at radius 3 is 2.00 bits per heavy atom. The number of primary amides is 1. The Labute approximate surface area is 582 Å². The van der Waals surface area contributed by atoms with Crippen LogP contribution in [-0.4, -0.2) is 222 Å². The average molecular weight is 1420 g/mol. The van der Waals surface area contributed by atoms with Gasteiger partial charge in [0, 0.05) is 65.0 Å². The number of benzene rings is 2. The van der Waals surface area contributed by atoms with Gasteiger partial charge in [0.15, 0.2) is 0 Å². The standard InChI is InChI=1S/C67H108N12O19S/c1-15-43(8)59(52(93-13)37-55(82)79-29-20-24-50(79)61(94-14)45(10)51(80)35-44(9)60(83)46-21-17-16-18-22-46)77(11)65(87)57(41(4)5)75-64(86)58(42(6)7)78(12)67(89)98-38-47-25-26-48(36-53(47)99(90,91)92)72-62(84)49(23-19-27-70-66(68)88)73-63(85)56(40(2)3)74-54(81)39-97-34-33-96-32-31-95-30-28-71-76-69/h16-18,21-22,25-26,36,40-45,49-50,52,56-61,69,83H,15,19-20,23-24,27-35,37-39H2,1-14H3,(H7-,68,70,72,73,74,75,81,84,85,86,88,90,91,92)/t43?,44-,45-,49-,50-,52?,56?,57-,58?,59?,60+,61+/m0/s1. The summed E-state index contributed by atoms with van der Waals surface area (Å²) < 4.78 is 72.1. The van der Waals surface area contributed by atoms with Gasteiger partial charge in [-0.3, -0.25) is 38.5 Å². The van der Waals surface area contributed by atoms with Crippen LogP contribution in [0.3, 0.4) is 0 Å². The van der Waals surface area contributed by atoms with Crippen molar-refractivity contribution >= 4 is 69.2 Å². The quantitative estimate of drug-likeness (QED) is 0.0199. The van der Waals surface area contributed by atoms with Crippen LogP contribution in [0.1, 0.15) is 131 Å². The molecule has 9 N–H and O–H groups in total. The first-order chi connectivity index (χ1) is 46.7. The van der Waals surface area contributed by atoms with Crippen LogP contribution >= 0.6 is 0 Å². The summed E-state index contributed by atoms with van der Waals surface area (Å²) in [6.45, 7) is 17.9. The first kappa shape index (κ1) is 85.7. The van der Waals surface area contributed by atoms with Gasteiger partial charge in [0.05, 0.1) is 74.7 Å². The Morgan fingerprint density at radius 2 is 1.42 bits per heavy atom. The van der Waals surface area contributed by atoms with Crippen molar-refractivity contribution in [2.24, 2.45) is 46.4 Å². The Bertz CT molecular complexity index is 3100. The van der Waals surface area contributed by atoms with Crippen molar-refractivity contribution in [3.8, 4) is 0 Å². The number of carbonyl (C=O) groups is 9. The lowest BCUT2D eigenvalue weighted by molar-refractivity contribution is -0.148. The van der Waals surface area contributed by atoms with Crippen LogP contribution in [0.5, 0.6) is 0 Å². The predicted octanol–water partition coefficient (Wildman–Crippen LogP) is 4.19. The van der Waals surface area contributed by atoms with Gasteiger partial charge in [-0.25, -0.2) is 18.0 Å². The first-order valence-electron chi connectivity index (χ1n) is 33.6. The molecule has 2 aromatic rings. The summed E-state index contributed by atoms with van der Waals surface area (Å²) in [5.41, 5.74) is 12.0. The van der Waals surface area contributed by atoms with E-state index in [0.717, 1.165) is 17.0 Å². The zero-order valence-corrected chi connectivity index (χ0v) is 60.6. The van der Waals surface area contributed by atoms with E-state index in [-0.39, 0.29) is 107 Å². The third-order valence-electron chi connectivity index (χ3n) is 17.6. The van der Waals surface area contributed by atoms with E-state index in [4.69, 9.17) is 39.7 Å². The van der Waals surface area contributed by atoms with Gasteiger partial charge >= 0.3 is 12.1 Å². The fourth-order valence-electron chi connectivity index (χ4n) is 12.0. The van der Waals surface area contributed by atoms with Crippen LogP contribution in [0.15, 0.2) is 58.5 Å². The lowest BCUT2D eigenvalue weighted by Gasteiger charge is -2.41. The number of rotatable bonds is 45. The molecular formula is C67H108N12O19S. The van der Waals surface area contributed by atoms with Crippen molar-refractivity contribution in [3.05, 3.63) is 59.7 Å². The Kier molecular flexibility index (Phi) is 37.4. The number of nitrogens with two attached hydrogens (primary N) is 1. The summed E-state index contributed by atoms with van der Waals surface area (Å²) in [7, 11) is 0.480. The largest absolute Gasteiger partial charge is 0.744 e. The monoisotopic (exact) mass is 1420 g/mol. The number of aliphatic hydroxyl groups is 1. The molecule has 0 radical (unpaired) electrons. The average Bonchev–Trinajstić information content (AvgIpc) is 1.74. The van der Waals surface area contributed by atoms with Gasteiger partial charge in [0.25, 0.3) is 0 Å². The van der Waals surface area contributed by atoms with Crippen LogP contribution < -0.4 is 37.2 Å². The fraction of sp³-hybridized carbons (Fsp3) is 0.687. The van der Waals surface area contributed by atoms with Crippen LogP contribution in [0, 0.1) is 41.0 Å². The van der Waals surface area contributed by atoms with E-state index < -0.39 is 148 Å². The second-order valence-corrected chi connectivity index (χ2v) is 27.3. The highest BCUT2D eigenvalue weighted by Crippen LogP contribution is 2.33. The number of anilines is 1. The minimum absolute atomic E-state index is 0.0109. The molecule has 556 valence electrons. The maximum absolute atomic E-state index is 14.9. The summed E-state index contributed by atoms with van der Waals surface area (Å²) in [5, 5.41) is 27.4. The van der Waals surface area contributed by atoms with E-state index in [0.29, 0.717) is 31.4 Å². The first-order valence-corrected chi connectivity index (χ1v) is 35.0. The van der Waals surface area contributed by atoms with Crippen LogP contribution in [0.2, 0.25) is 0 Å². The number of urea groups is 1. The molecule has 3 rings (SSSR count). The van der Waals surface area contributed by atoms with Gasteiger partial charge in [0.1, 0.15) is 70.5 Å². The highest BCUT2D eigenvalue weighted by Gasteiger charge is 2.44. The number of hydrogen-bond donors (Lipinski definition) is 8. The van der Waals surface area contributed by atoms with Gasteiger partial charge in [-0.1, -0.05) is 112 Å². The van der Waals surface area contributed by atoms with Crippen molar-refractivity contribution in [1.82, 2.24) is 40.9 Å². The number of ether oxygens (including phenoxy) is 6. The van der Waals surface area contributed by atoms with Crippen LogP contribution in [-0.2, 0) is 78.7 Å². The van der Waals surface area contributed by atoms with E-state index in [1.807, 2.05) is 51.1 Å². The normalized spacial score (nSPS) is 16.5. The zero-order valence-electron chi connectivity index (χ0n) is 59.8. The van der Waals surface area contributed by atoms with E-state index in [1.54, 1.807) is 60.4 Å². The van der Waals surface area contributed by atoms with Crippen molar-refractivity contribution in [2.75, 3.05) is 92.9 Å². The van der Waals surface area contributed by atoms with Crippen molar-refractivity contribution in [2.45, 2.75) is 180 Å². The van der Waals surface area contributed by atoms with Gasteiger partial charge < -0.3 is 80.2 Å². The number of amides is 9. The molecule has 1 heterocycles. The smallest absolute Gasteiger partial charge is 0.410 e. The van der Waals surface area contributed by atoms with Gasteiger partial charge in [0.2, 0.25) is 40.4 Å². The highest BCUT2D eigenvalue weighted by molar-refractivity contribution is 7.85. The lowest BCUT2D eigenvalue weighted by Crippen LogP contribution is -2.60. The number of aliphatic hydroxyl groups excluding tert-OH is 1. The lowest BCUT2D eigenvalue weighted by atomic mass is 9.85. The number of Topliss-reactive ketones (excluding diaryl/α,β-unsaturated/α-hetero) is 1. The molecule has 31 nitrogen and oxygen atoms in total. The number of methoxy groups -OCH3 is 2. The summed E-state index contributed by atoms with van der Waals surface area (Å²) in [5.74, 6) is -6.77. The molecule has 0 spiro atoms. The summed E-state index contributed by atoms with van der Waals surface area (Å²) in [4.78, 5) is 130. The van der Waals surface area contributed by atoms with Gasteiger partial charge in [-0.15, -0.1) is 0 Å². The zero-order chi connectivity index (χ0) is 74.3. The van der Waals surface area contributed by atoms with Crippen molar-refractivity contribution in [1.29, 1.82) is 5.53 Å². The van der Waals surface area contributed by atoms with Gasteiger partial charge in [-0.05, 0) is 73.0 Å². The molecule has 1 fully saturated rings. The summed E-state index contributed by atoms with van der Waals surface area (Å²) >= 11 is 0. The topological polar surface area (TPSA) is 433 Å². The predicted molar refractivity (Wildman–Crippen MR) is 363 cm³/mol. The molecule has 12 atom stereocenters. The summed E-state index contributed by atoms with van der Waals surface area (Å²) in [6.07, 6.45) is -1.66. The minimum Gasteiger partial charge on any atom is -0.744 e. The van der Waals surface area contributed by atoms with Crippen LogP contribution in [0.25, 0.3) is 0 Å².